The van der Waals surface area contributed by atoms with Crippen LogP contribution in [0.15, 0.2) is 24.3 Å². The average Bonchev–Trinajstić information content (AvgIpc) is 3.23. The molecule has 2 aromatic carbocycles. The Morgan fingerprint density at radius 2 is 0.733 bits per heavy atom. The Labute approximate surface area is 266 Å². The smallest absolute Gasteiger partial charge is 0.161 e. The number of fused-ring (bicyclic) bond motifs is 4. The van der Waals surface area contributed by atoms with Crippen molar-refractivity contribution in [2.75, 3.05) is 79.3 Å². The Bertz CT molecular complexity index is 1310. The van der Waals surface area contributed by atoms with Crippen molar-refractivity contribution in [3.8, 4) is 23.0 Å². The molecule has 0 unspecified atom stereocenters. The number of hydrogen-bond donors (Lipinski definition) is 0. The molecule has 4 fully saturated rings. The highest BCUT2D eigenvalue weighted by molar-refractivity contribution is 5.66. The monoisotopic (exact) mass is 620 g/mol. The first-order chi connectivity index (χ1) is 21.7. The molecule has 244 valence electrons. The maximum atomic E-state index is 6.56. The van der Waals surface area contributed by atoms with Crippen molar-refractivity contribution >= 4 is 0 Å². The van der Waals surface area contributed by atoms with E-state index in [4.69, 9.17) is 37.9 Å². The quantitative estimate of drug-likeness (QED) is 0.311. The molecule has 2 aromatic rings. The standard InChI is InChI=1S/C37H48O8/c1-35(2)21-37(29-7-33(44-19-25-13-40-14-25)31(5-27(29)35)42-17-23-9-38-10-23)22-36(3,4)28-6-32(43-18-24-11-39-12-24)34(8-30(28)37)45-20-26-15-41-16-26/h5-8,23-26H,9-22H2,1-4H3. The minimum atomic E-state index is -0.173. The van der Waals surface area contributed by atoms with E-state index in [9.17, 15) is 0 Å². The van der Waals surface area contributed by atoms with Crippen LogP contribution in [0, 0.1) is 23.7 Å². The minimum Gasteiger partial charge on any atom is -0.489 e. The second-order valence-corrected chi connectivity index (χ2v) is 15.8. The van der Waals surface area contributed by atoms with Gasteiger partial charge in [0, 0.05) is 29.1 Å². The summed E-state index contributed by atoms with van der Waals surface area (Å²) >= 11 is 0. The molecular weight excluding hydrogens is 572 g/mol. The third-order valence-electron chi connectivity index (χ3n) is 10.9. The third-order valence-corrected chi connectivity index (χ3v) is 10.9. The Balaban J connectivity index is 1.19. The van der Waals surface area contributed by atoms with Crippen LogP contribution in [0.2, 0.25) is 0 Å². The van der Waals surface area contributed by atoms with Gasteiger partial charge < -0.3 is 37.9 Å². The van der Waals surface area contributed by atoms with Gasteiger partial charge in [0.05, 0.1) is 79.3 Å². The van der Waals surface area contributed by atoms with Crippen molar-refractivity contribution in [2.45, 2.75) is 56.8 Å². The summed E-state index contributed by atoms with van der Waals surface area (Å²) in [7, 11) is 0. The van der Waals surface area contributed by atoms with Gasteiger partial charge in [-0.25, -0.2) is 0 Å². The van der Waals surface area contributed by atoms with Crippen LogP contribution < -0.4 is 18.9 Å². The zero-order valence-electron chi connectivity index (χ0n) is 27.3. The van der Waals surface area contributed by atoms with Gasteiger partial charge in [-0.3, -0.25) is 0 Å². The Morgan fingerprint density at radius 1 is 0.467 bits per heavy atom. The molecule has 2 aliphatic carbocycles. The lowest BCUT2D eigenvalue weighted by Crippen LogP contribution is -2.33. The lowest BCUT2D eigenvalue weighted by molar-refractivity contribution is -0.0547. The fraction of sp³-hybridized carbons (Fsp3) is 0.676. The summed E-state index contributed by atoms with van der Waals surface area (Å²) in [5, 5.41) is 0. The lowest BCUT2D eigenvalue weighted by atomic mass is 9.72. The van der Waals surface area contributed by atoms with E-state index in [1.54, 1.807) is 0 Å². The highest BCUT2D eigenvalue weighted by Gasteiger charge is 2.57. The third kappa shape index (κ3) is 5.39. The average molecular weight is 621 g/mol. The van der Waals surface area contributed by atoms with Crippen LogP contribution in [0.5, 0.6) is 23.0 Å². The second-order valence-electron chi connectivity index (χ2n) is 15.8. The Kier molecular flexibility index (Phi) is 7.51. The number of hydrogen-bond acceptors (Lipinski definition) is 8. The van der Waals surface area contributed by atoms with Crippen LogP contribution in [0.1, 0.15) is 62.8 Å². The van der Waals surface area contributed by atoms with Crippen molar-refractivity contribution in [1.82, 2.24) is 0 Å². The van der Waals surface area contributed by atoms with Crippen molar-refractivity contribution < 1.29 is 37.9 Å². The first kappa shape index (κ1) is 29.9. The normalized spacial score (nSPS) is 24.6. The van der Waals surface area contributed by atoms with Gasteiger partial charge in [-0.2, -0.15) is 0 Å². The van der Waals surface area contributed by atoms with Crippen LogP contribution in [-0.4, -0.2) is 79.3 Å². The van der Waals surface area contributed by atoms with Crippen molar-refractivity contribution in [3.63, 3.8) is 0 Å². The minimum absolute atomic E-state index is 0.0469. The maximum Gasteiger partial charge on any atom is 0.161 e. The Hall–Kier alpha value is -2.52. The van der Waals surface area contributed by atoms with Gasteiger partial charge in [0.25, 0.3) is 0 Å². The van der Waals surface area contributed by atoms with E-state index >= 15 is 0 Å². The molecule has 45 heavy (non-hydrogen) atoms. The molecule has 8 rings (SSSR count). The summed E-state index contributed by atoms with van der Waals surface area (Å²) in [6.07, 6.45) is 2.02. The second kappa shape index (κ2) is 11.3. The van der Waals surface area contributed by atoms with Gasteiger partial charge in [-0.05, 0) is 70.2 Å². The van der Waals surface area contributed by atoms with Crippen LogP contribution >= 0.6 is 0 Å². The van der Waals surface area contributed by atoms with Crippen LogP contribution in [-0.2, 0) is 35.2 Å². The molecule has 4 heterocycles. The summed E-state index contributed by atoms with van der Waals surface area (Å²) in [5.74, 6) is 5.10. The van der Waals surface area contributed by atoms with Crippen molar-refractivity contribution in [1.29, 1.82) is 0 Å². The zero-order valence-corrected chi connectivity index (χ0v) is 27.3. The molecule has 8 heteroatoms. The molecule has 8 nitrogen and oxygen atoms in total. The molecule has 6 aliphatic rings. The summed E-state index contributed by atoms with van der Waals surface area (Å²) < 4.78 is 47.8. The van der Waals surface area contributed by atoms with Gasteiger partial charge in [0.15, 0.2) is 23.0 Å². The summed E-state index contributed by atoms with van der Waals surface area (Å²) in [4.78, 5) is 0. The fourth-order valence-corrected chi connectivity index (χ4v) is 8.12. The largest absolute Gasteiger partial charge is 0.489 e. The molecule has 4 saturated heterocycles. The summed E-state index contributed by atoms with van der Waals surface area (Å²) in [6, 6.07) is 9.20. The van der Waals surface area contributed by atoms with E-state index in [1.807, 2.05) is 0 Å². The molecule has 0 aromatic heterocycles. The van der Waals surface area contributed by atoms with E-state index in [1.165, 1.54) is 22.3 Å². The highest BCUT2D eigenvalue weighted by atomic mass is 16.5. The summed E-state index contributed by atoms with van der Waals surface area (Å²) in [5.41, 5.74) is 5.15. The van der Waals surface area contributed by atoms with Gasteiger partial charge in [0.1, 0.15) is 0 Å². The number of benzene rings is 2. The molecule has 0 N–H and O–H groups in total. The lowest BCUT2D eigenvalue weighted by Gasteiger charge is -2.31. The molecular formula is C37H48O8. The van der Waals surface area contributed by atoms with E-state index in [-0.39, 0.29) is 16.2 Å². The Morgan fingerprint density at radius 3 is 0.978 bits per heavy atom. The predicted molar refractivity (Wildman–Crippen MR) is 168 cm³/mol. The topological polar surface area (TPSA) is 73.8 Å². The van der Waals surface area contributed by atoms with E-state index in [0.717, 1.165) is 88.7 Å². The van der Waals surface area contributed by atoms with Gasteiger partial charge in [-0.1, -0.05) is 27.7 Å². The van der Waals surface area contributed by atoms with E-state index in [0.29, 0.717) is 50.1 Å². The molecule has 0 amide bonds. The number of rotatable bonds is 12. The van der Waals surface area contributed by atoms with Crippen LogP contribution in [0.3, 0.4) is 0 Å². The maximum absolute atomic E-state index is 6.56. The van der Waals surface area contributed by atoms with E-state index < -0.39 is 0 Å². The number of ether oxygens (including phenoxy) is 8. The molecule has 0 atom stereocenters. The molecule has 0 radical (unpaired) electrons. The van der Waals surface area contributed by atoms with Gasteiger partial charge >= 0.3 is 0 Å². The summed E-state index contributed by atoms with van der Waals surface area (Å²) in [6.45, 7) is 18.2. The SMILES string of the molecule is CC1(C)CC2(CC(C)(C)c3cc(OCC4COC4)c(OCC4COC4)cc32)c2cc(OCC3COC3)c(OCC3COC3)cc21. The van der Waals surface area contributed by atoms with Crippen molar-refractivity contribution in [2.24, 2.45) is 23.7 Å². The van der Waals surface area contributed by atoms with Crippen molar-refractivity contribution in [3.05, 3.63) is 46.5 Å². The van der Waals surface area contributed by atoms with Crippen LogP contribution in [0.25, 0.3) is 0 Å². The molecule has 4 aliphatic heterocycles. The van der Waals surface area contributed by atoms with Gasteiger partial charge in [0.2, 0.25) is 0 Å². The first-order valence-electron chi connectivity index (χ1n) is 16.9. The molecule has 0 bridgehead atoms. The zero-order chi connectivity index (χ0) is 30.8. The fourth-order valence-electron chi connectivity index (χ4n) is 8.12. The van der Waals surface area contributed by atoms with E-state index in [2.05, 4.69) is 52.0 Å². The molecule has 0 saturated carbocycles. The van der Waals surface area contributed by atoms with Gasteiger partial charge in [-0.15, -0.1) is 0 Å². The van der Waals surface area contributed by atoms with Crippen LogP contribution in [0.4, 0.5) is 0 Å². The first-order valence-corrected chi connectivity index (χ1v) is 16.9. The molecule has 1 spiro atoms. The predicted octanol–water partition coefficient (Wildman–Crippen LogP) is 5.44. The highest BCUT2D eigenvalue weighted by Crippen LogP contribution is 2.65.